The second-order valence-corrected chi connectivity index (χ2v) is 6.28. The minimum absolute atomic E-state index is 0.0454. The normalized spacial score (nSPS) is 17.3. The Balaban J connectivity index is 1.44. The Morgan fingerprint density at radius 2 is 2.08 bits per heavy atom. The Hall–Kier alpha value is -2.82. The summed E-state index contributed by atoms with van der Waals surface area (Å²) < 4.78 is 0. The first kappa shape index (κ1) is 14.8. The van der Waals surface area contributed by atoms with Crippen molar-refractivity contribution in [3.05, 3.63) is 66.1 Å². The van der Waals surface area contributed by atoms with Gasteiger partial charge in [0.05, 0.1) is 23.5 Å². The summed E-state index contributed by atoms with van der Waals surface area (Å²) in [6.45, 7) is 1.58. The summed E-state index contributed by atoms with van der Waals surface area (Å²) in [6.07, 6.45) is 7.03. The van der Waals surface area contributed by atoms with Gasteiger partial charge in [-0.15, -0.1) is 0 Å². The Bertz CT molecular complexity index is 865. The van der Waals surface area contributed by atoms with Gasteiger partial charge in [-0.2, -0.15) is 10.2 Å². The van der Waals surface area contributed by atoms with Gasteiger partial charge in [-0.25, -0.2) is 0 Å². The predicted octanol–water partition coefficient (Wildman–Crippen LogP) is 2.73. The maximum Gasteiger partial charge on any atom is 0.255 e. The van der Waals surface area contributed by atoms with E-state index in [4.69, 9.17) is 0 Å². The zero-order chi connectivity index (χ0) is 16.4. The number of aromatic nitrogens is 3. The fourth-order valence-corrected chi connectivity index (χ4v) is 3.35. The first-order chi connectivity index (χ1) is 11.8. The first-order valence-electron chi connectivity index (χ1n) is 8.19. The molecule has 1 aliphatic rings. The number of benzene rings is 1. The molecule has 120 valence electrons. The van der Waals surface area contributed by atoms with Crippen LogP contribution in [0.3, 0.4) is 0 Å². The molecule has 2 aromatic heterocycles. The van der Waals surface area contributed by atoms with Crippen LogP contribution in [0.25, 0.3) is 10.9 Å². The second kappa shape index (κ2) is 6.35. The monoisotopic (exact) mass is 318 g/mol. The summed E-state index contributed by atoms with van der Waals surface area (Å²) in [6, 6.07) is 12.1. The van der Waals surface area contributed by atoms with E-state index in [0.29, 0.717) is 11.5 Å². The van der Waals surface area contributed by atoms with E-state index in [-0.39, 0.29) is 5.91 Å². The van der Waals surface area contributed by atoms with E-state index in [9.17, 15) is 4.79 Å². The van der Waals surface area contributed by atoms with Crippen LogP contribution in [-0.2, 0) is 6.42 Å². The topological polar surface area (TPSA) is 59.0 Å². The third kappa shape index (κ3) is 2.97. The van der Waals surface area contributed by atoms with Crippen LogP contribution in [0.4, 0.5) is 0 Å². The van der Waals surface area contributed by atoms with E-state index in [1.807, 2.05) is 29.3 Å². The number of nitrogens with zero attached hydrogens (tertiary/aromatic N) is 4. The highest BCUT2D eigenvalue weighted by Gasteiger charge is 2.27. The van der Waals surface area contributed by atoms with Crippen LogP contribution in [0.5, 0.6) is 0 Å². The van der Waals surface area contributed by atoms with E-state index in [1.165, 1.54) is 17.1 Å². The molecule has 5 nitrogen and oxygen atoms in total. The van der Waals surface area contributed by atoms with Crippen molar-refractivity contribution in [2.75, 3.05) is 13.1 Å². The van der Waals surface area contributed by atoms with Crippen molar-refractivity contribution in [3.63, 3.8) is 0 Å². The molecule has 3 heterocycles. The molecule has 4 rings (SSSR count). The van der Waals surface area contributed by atoms with Gasteiger partial charge in [-0.1, -0.05) is 18.2 Å². The smallest absolute Gasteiger partial charge is 0.255 e. The highest BCUT2D eigenvalue weighted by atomic mass is 16.2. The fourth-order valence-electron chi connectivity index (χ4n) is 3.35. The standard InChI is InChI=1S/C19H18N4O/c24-19(17-5-7-21-22-12-17)23-8-6-14(13-23)9-15-10-16-3-1-2-4-18(16)20-11-15/h1-5,7,10-12,14H,6,8-9,13H2/t14-/m1/s1. The van der Waals surface area contributed by atoms with Crippen LogP contribution >= 0.6 is 0 Å². The summed E-state index contributed by atoms with van der Waals surface area (Å²) in [4.78, 5) is 18.9. The van der Waals surface area contributed by atoms with Gasteiger partial charge in [-0.05, 0) is 42.5 Å². The molecule has 0 aliphatic carbocycles. The fraction of sp³-hybridized carbons (Fsp3) is 0.263. The molecule has 0 bridgehead atoms. The van der Waals surface area contributed by atoms with Crippen LogP contribution in [0.2, 0.25) is 0 Å². The molecular formula is C19H18N4O. The lowest BCUT2D eigenvalue weighted by Gasteiger charge is -2.16. The van der Waals surface area contributed by atoms with Crippen molar-refractivity contribution in [2.45, 2.75) is 12.8 Å². The molecule has 1 atom stereocenters. The van der Waals surface area contributed by atoms with E-state index in [0.717, 1.165) is 31.4 Å². The first-order valence-corrected chi connectivity index (χ1v) is 8.19. The number of pyridine rings is 1. The average Bonchev–Trinajstić information content (AvgIpc) is 3.10. The number of carbonyl (C=O) groups is 1. The highest BCUT2D eigenvalue weighted by molar-refractivity contribution is 5.93. The van der Waals surface area contributed by atoms with Crippen molar-refractivity contribution >= 4 is 16.8 Å². The van der Waals surface area contributed by atoms with E-state index < -0.39 is 0 Å². The zero-order valence-corrected chi connectivity index (χ0v) is 13.3. The number of rotatable bonds is 3. The van der Waals surface area contributed by atoms with Crippen LogP contribution in [0.1, 0.15) is 22.3 Å². The summed E-state index contributed by atoms with van der Waals surface area (Å²) in [7, 11) is 0. The van der Waals surface area contributed by atoms with Gasteiger partial charge in [0.15, 0.2) is 0 Å². The lowest BCUT2D eigenvalue weighted by molar-refractivity contribution is 0.0786. The number of para-hydroxylation sites is 1. The maximum absolute atomic E-state index is 12.5. The number of hydrogen-bond donors (Lipinski definition) is 0. The van der Waals surface area contributed by atoms with Crippen LogP contribution in [-0.4, -0.2) is 39.1 Å². The molecule has 1 aliphatic heterocycles. The van der Waals surface area contributed by atoms with Crippen LogP contribution < -0.4 is 0 Å². The van der Waals surface area contributed by atoms with Crippen molar-refractivity contribution in [1.82, 2.24) is 20.1 Å². The van der Waals surface area contributed by atoms with E-state index in [2.05, 4.69) is 27.3 Å². The maximum atomic E-state index is 12.5. The average molecular weight is 318 g/mol. The lowest BCUT2D eigenvalue weighted by Crippen LogP contribution is -2.29. The number of hydrogen-bond acceptors (Lipinski definition) is 4. The highest BCUT2D eigenvalue weighted by Crippen LogP contribution is 2.23. The molecule has 3 aromatic rings. The lowest BCUT2D eigenvalue weighted by atomic mass is 9.99. The molecule has 24 heavy (non-hydrogen) atoms. The van der Waals surface area contributed by atoms with E-state index in [1.54, 1.807) is 12.3 Å². The third-order valence-electron chi connectivity index (χ3n) is 4.58. The Labute approximate surface area is 140 Å². The van der Waals surface area contributed by atoms with Gasteiger partial charge in [-0.3, -0.25) is 9.78 Å². The van der Waals surface area contributed by atoms with Crippen LogP contribution in [0.15, 0.2) is 55.0 Å². The summed E-state index contributed by atoms with van der Waals surface area (Å²) >= 11 is 0. The predicted molar refractivity (Wildman–Crippen MR) is 91.5 cm³/mol. The second-order valence-electron chi connectivity index (χ2n) is 6.28. The summed E-state index contributed by atoms with van der Waals surface area (Å²) in [5.41, 5.74) is 2.87. The largest absolute Gasteiger partial charge is 0.338 e. The molecule has 5 heteroatoms. The van der Waals surface area contributed by atoms with Crippen molar-refractivity contribution in [3.8, 4) is 0 Å². The van der Waals surface area contributed by atoms with Gasteiger partial charge in [0.2, 0.25) is 0 Å². The number of carbonyl (C=O) groups excluding carboxylic acids is 1. The minimum Gasteiger partial charge on any atom is -0.338 e. The number of amides is 1. The molecule has 0 radical (unpaired) electrons. The van der Waals surface area contributed by atoms with Gasteiger partial charge < -0.3 is 4.90 Å². The molecule has 0 spiro atoms. The van der Waals surface area contributed by atoms with Crippen molar-refractivity contribution < 1.29 is 4.79 Å². The third-order valence-corrected chi connectivity index (χ3v) is 4.58. The molecule has 1 fully saturated rings. The number of fused-ring (bicyclic) bond motifs is 1. The van der Waals surface area contributed by atoms with Crippen molar-refractivity contribution in [1.29, 1.82) is 0 Å². The quantitative estimate of drug-likeness (QED) is 0.745. The number of likely N-dealkylation sites (tertiary alicyclic amines) is 1. The molecule has 1 saturated heterocycles. The Kier molecular flexibility index (Phi) is 3.91. The zero-order valence-electron chi connectivity index (χ0n) is 13.3. The molecule has 0 saturated carbocycles. The van der Waals surface area contributed by atoms with Gasteiger partial charge in [0.1, 0.15) is 0 Å². The van der Waals surface area contributed by atoms with E-state index >= 15 is 0 Å². The SMILES string of the molecule is O=C(c1ccnnc1)N1CC[C@H](Cc2cnc3ccccc3c2)C1. The minimum atomic E-state index is 0.0454. The summed E-state index contributed by atoms with van der Waals surface area (Å²) in [5.74, 6) is 0.524. The Morgan fingerprint density at radius 1 is 1.17 bits per heavy atom. The molecule has 1 amide bonds. The summed E-state index contributed by atoms with van der Waals surface area (Å²) in [5, 5.41) is 8.68. The van der Waals surface area contributed by atoms with Crippen molar-refractivity contribution in [2.24, 2.45) is 5.92 Å². The van der Waals surface area contributed by atoms with Crippen LogP contribution in [0, 0.1) is 5.92 Å². The molecule has 1 aromatic carbocycles. The molecule has 0 N–H and O–H groups in total. The Morgan fingerprint density at radius 3 is 2.96 bits per heavy atom. The molecular weight excluding hydrogens is 300 g/mol. The van der Waals surface area contributed by atoms with Gasteiger partial charge in [0.25, 0.3) is 5.91 Å². The molecule has 0 unspecified atom stereocenters. The van der Waals surface area contributed by atoms with Gasteiger partial charge in [0, 0.05) is 24.7 Å². The van der Waals surface area contributed by atoms with Gasteiger partial charge >= 0.3 is 0 Å².